The van der Waals surface area contributed by atoms with Gasteiger partial charge < -0.3 is 20.8 Å². The third-order valence-electron chi connectivity index (χ3n) is 4.36. The molecule has 1 aliphatic heterocycles. The highest BCUT2D eigenvalue weighted by atomic mass is 15.2. The third kappa shape index (κ3) is 2.54. The van der Waals surface area contributed by atoms with Gasteiger partial charge in [0.1, 0.15) is 11.6 Å². The van der Waals surface area contributed by atoms with Gasteiger partial charge in [-0.1, -0.05) is 6.07 Å². The van der Waals surface area contributed by atoms with E-state index in [4.69, 9.17) is 11.5 Å². The van der Waals surface area contributed by atoms with E-state index in [0.717, 1.165) is 37.4 Å². The number of imidazole rings is 1. The van der Waals surface area contributed by atoms with Crippen LogP contribution in [0.4, 0.5) is 17.6 Å². The van der Waals surface area contributed by atoms with Crippen LogP contribution in [0, 0.1) is 0 Å². The molecule has 4 heterocycles. The molecule has 0 radical (unpaired) electrons. The lowest BCUT2D eigenvalue weighted by molar-refractivity contribution is 0.502. The van der Waals surface area contributed by atoms with Crippen molar-refractivity contribution in [2.75, 3.05) is 29.5 Å². The standard InChI is InChI=1S/C16H19N7/c17-13-8-14(21-16(18)20-13)22-7-3-4-11(9-22)15-12-5-1-2-6-23(12)10-19-15/h1-2,5-6,8,10-11H,3-4,7,9H2,(H4,17,18,20,21). The summed E-state index contributed by atoms with van der Waals surface area (Å²) in [7, 11) is 0. The fourth-order valence-corrected chi connectivity index (χ4v) is 3.32. The van der Waals surface area contributed by atoms with Crippen molar-refractivity contribution >= 4 is 23.1 Å². The number of fused-ring (bicyclic) bond motifs is 1. The number of hydrogen-bond acceptors (Lipinski definition) is 6. The van der Waals surface area contributed by atoms with Gasteiger partial charge in [-0.3, -0.25) is 0 Å². The lowest BCUT2D eigenvalue weighted by atomic mass is 9.94. The minimum absolute atomic E-state index is 0.217. The molecule has 0 spiro atoms. The first kappa shape index (κ1) is 13.8. The molecule has 4 N–H and O–H groups in total. The topological polar surface area (TPSA) is 98.4 Å². The molecule has 7 heteroatoms. The number of aromatic nitrogens is 4. The Morgan fingerprint density at radius 1 is 1.17 bits per heavy atom. The fourth-order valence-electron chi connectivity index (χ4n) is 3.32. The average Bonchev–Trinajstić information content (AvgIpc) is 2.98. The largest absolute Gasteiger partial charge is 0.383 e. The van der Waals surface area contributed by atoms with E-state index >= 15 is 0 Å². The molecule has 7 nitrogen and oxygen atoms in total. The van der Waals surface area contributed by atoms with E-state index in [1.165, 1.54) is 5.52 Å². The number of nitrogens with zero attached hydrogens (tertiary/aromatic N) is 5. The molecule has 0 bridgehead atoms. The van der Waals surface area contributed by atoms with Gasteiger partial charge in [-0.15, -0.1) is 0 Å². The van der Waals surface area contributed by atoms with Crippen molar-refractivity contribution in [2.45, 2.75) is 18.8 Å². The number of anilines is 3. The summed E-state index contributed by atoms with van der Waals surface area (Å²) in [4.78, 5) is 15.1. The van der Waals surface area contributed by atoms with Crippen LogP contribution in [0.1, 0.15) is 24.5 Å². The Morgan fingerprint density at radius 3 is 2.96 bits per heavy atom. The third-order valence-corrected chi connectivity index (χ3v) is 4.36. The molecule has 118 valence electrons. The number of rotatable bonds is 2. The number of piperidine rings is 1. The maximum Gasteiger partial charge on any atom is 0.223 e. The van der Waals surface area contributed by atoms with Crippen molar-refractivity contribution in [3.63, 3.8) is 0 Å². The molecule has 1 aliphatic rings. The van der Waals surface area contributed by atoms with Crippen molar-refractivity contribution in [1.82, 2.24) is 19.4 Å². The van der Waals surface area contributed by atoms with E-state index < -0.39 is 0 Å². The first-order chi connectivity index (χ1) is 11.2. The molecule has 1 atom stereocenters. The van der Waals surface area contributed by atoms with Gasteiger partial charge in [-0.2, -0.15) is 9.97 Å². The highest BCUT2D eigenvalue weighted by molar-refractivity contribution is 5.55. The lowest BCUT2D eigenvalue weighted by Gasteiger charge is -2.33. The Balaban J connectivity index is 1.64. The van der Waals surface area contributed by atoms with Crippen molar-refractivity contribution in [3.8, 4) is 0 Å². The van der Waals surface area contributed by atoms with Gasteiger partial charge in [-0.05, 0) is 25.0 Å². The van der Waals surface area contributed by atoms with Crippen molar-refractivity contribution in [3.05, 3.63) is 42.5 Å². The van der Waals surface area contributed by atoms with Gasteiger partial charge in [0, 0.05) is 31.3 Å². The second-order valence-corrected chi connectivity index (χ2v) is 5.92. The second-order valence-electron chi connectivity index (χ2n) is 5.92. The molecule has 0 aromatic carbocycles. The van der Waals surface area contributed by atoms with Gasteiger partial charge in [0.15, 0.2) is 0 Å². The van der Waals surface area contributed by atoms with Crippen molar-refractivity contribution < 1.29 is 0 Å². The van der Waals surface area contributed by atoms with Gasteiger partial charge in [0.05, 0.1) is 17.5 Å². The van der Waals surface area contributed by atoms with Crippen LogP contribution in [0.3, 0.4) is 0 Å². The summed E-state index contributed by atoms with van der Waals surface area (Å²) in [6.07, 6.45) is 6.11. The van der Waals surface area contributed by atoms with Gasteiger partial charge >= 0.3 is 0 Å². The highest BCUT2D eigenvalue weighted by Gasteiger charge is 2.25. The van der Waals surface area contributed by atoms with E-state index in [-0.39, 0.29) is 5.95 Å². The van der Waals surface area contributed by atoms with E-state index in [9.17, 15) is 0 Å². The van der Waals surface area contributed by atoms with Gasteiger partial charge in [0.2, 0.25) is 5.95 Å². The molecule has 1 unspecified atom stereocenters. The molecule has 0 saturated carbocycles. The molecular formula is C16H19N7. The SMILES string of the molecule is Nc1cc(N2CCCC(c3ncn4ccccc34)C2)nc(N)n1. The molecule has 0 aliphatic carbocycles. The lowest BCUT2D eigenvalue weighted by Crippen LogP contribution is -2.35. The van der Waals surface area contributed by atoms with Crippen LogP contribution >= 0.6 is 0 Å². The average molecular weight is 309 g/mol. The Hall–Kier alpha value is -2.83. The van der Waals surface area contributed by atoms with Crippen molar-refractivity contribution in [1.29, 1.82) is 0 Å². The number of pyridine rings is 1. The second kappa shape index (κ2) is 5.42. The minimum atomic E-state index is 0.217. The Labute approximate surface area is 134 Å². The number of hydrogen-bond donors (Lipinski definition) is 2. The Kier molecular flexibility index (Phi) is 3.25. The summed E-state index contributed by atoms with van der Waals surface area (Å²) in [5.74, 6) is 1.79. The van der Waals surface area contributed by atoms with Gasteiger partial charge in [-0.25, -0.2) is 4.98 Å². The summed E-state index contributed by atoms with van der Waals surface area (Å²) in [6, 6.07) is 7.96. The van der Waals surface area contributed by atoms with Crippen LogP contribution in [0.15, 0.2) is 36.8 Å². The zero-order chi connectivity index (χ0) is 15.8. The summed E-state index contributed by atoms with van der Waals surface area (Å²) in [5, 5.41) is 0. The number of nitrogens with two attached hydrogens (primary N) is 2. The first-order valence-corrected chi connectivity index (χ1v) is 7.77. The molecule has 23 heavy (non-hydrogen) atoms. The first-order valence-electron chi connectivity index (χ1n) is 7.77. The van der Waals surface area contributed by atoms with Crippen LogP contribution in [0.25, 0.3) is 5.52 Å². The monoisotopic (exact) mass is 309 g/mol. The van der Waals surface area contributed by atoms with E-state index in [1.54, 1.807) is 6.07 Å². The van der Waals surface area contributed by atoms with E-state index in [2.05, 4.69) is 30.3 Å². The van der Waals surface area contributed by atoms with Crippen LogP contribution < -0.4 is 16.4 Å². The molecule has 0 amide bonds. The van der Waals surface area contributed by atoms with E-state index in [0.29, 0.717) is 11.7 Å². The summed E-state index contributed by atoms with van der Waals surface area (Å²) < 4.78 is 2.06. The maximum absolute atomic E-state index is 5.80. The maximum atomic E-state index is 5.80. The predicted molar refractivity (Wildman–Crippen MR) is 90.2 cm³/mol. The number of nitrogen functional groups attached to an aromatic ring is 2. The van der Waals surface area contributed by atoms with Crippen molar-refractivity contribution in [2.24, 2.45) is 0 Å². The van der Waals surface area contributed by atoms with Gasteiger partial charge in [0.25, 0.3) is 0 Å². The highest BCUT2D eigenvalue weighted by Crippen LogP contribution is 2.31. The summed E-state index contributed by atoms with van der Waals surface area (Å²) in [6.45, 7) is 1.80. The fraction of sp³-hybridized carbons (Fsp3) is 0.312. The smallest absolute Gasteiger partial charge is 0.223 e. The van der Waals surface area contributed by atoms with Crippen LogP contribution in [-0.4, -0.2) is 32.4 Å². The zero-order valence-electron chi connectivity index (χ0n) is 12.8. The quantitative estimate of drug-likeness (QED) is 0.747. The summed E-state index contributed by atoms with van der Waals surface area (Å²) in [5.41, 5.74) is 13.8. The molecule has 3 aromatic rings. The molecule has 1 saturated heterocycles. The van der Waals surface area contributed by atoms with Crippen LogP contribution in [-0.2, 0) is 0 Å². The Morgan fingerprint density at radius 2 is 2.09 bits per heavy atom. The normalized spacial score (nSPS) is 18.4. The van der Waals surface area contributed by atoms with Crippen LogP contribution in [0.2, 0.25) is 0 Å². The zero-order valence-corrected chi connectivity index (χ0v) is 12.8. The molecular weight excluding hydrogens is 290 g/mol. The molecule has 4 rings (SSSR count). The molecule has 1 fully saturated rings. The molecule has 3 aromatic heterocycles. The van der Waals surface area contributed by atoms with E-state index in [1.807, 2.05) is 24.7 Å². The minimum Gasteiger partial charge on any atom is -0.383 e. The Bertz CT molecular complexity index is 821. The van der Waals surface area contributed by atoms with Crippen LogP contribution in [0.5, 0.6) is 0 Å². The predicted octanol–water partition coefficient (Wildman–Crippen LogP) is 1.67. The summed E-state index contributed by atoms with van der Waals surface area (Å²) >= 11 is 0.